The molecule has 112 valence electrons. The molecule has 6 heteroatoms. The van der Waals surface area contributed by atoms with Gasteiger partial charge in [-0.3, -0.25) is 10.1 Å². The van der Waals surface area contributed by atoms with Gasteiger partial charge in [-0.1, -0.05) is 31.9 Å². The largest absolute Gasteiger partial charge is 0.380 e. The molecule has 0 saturated carbocycles. The van der Waals surface area contributed by atoms with Crippen molar-refractivity contribution in [2.45, 2.75) is 32.2 Å². The topological polar surface area (TPSA) is 94.1 Å². The number of para-hydroxylation sites is 1. The van der Waals surface area contributed by atoms with E-state index in [0.717, 1.165) is 30.3 Å². The number of hydrogen-bond donors (Lipinski definition) is 2. The normalized spacial score (nSPS) is 12.3. The number of fused-ring (bicyclic) bond motifs is 1. The Labute approximate surface area is 123 Å². The molecule has 2 aromatic rings. The minimum atomic E-state index is -0.406. The van der Waals surface area contributed by atoms with Crippen LogP contribution in [0, 0.1) is 10.1 Å². The van der Waals surface area contributed by atoms with Crippen LogP contribution in [0.5, 0.6) is 0 Å². The Hall–Kier alpha value is -2.21. The van der Waals surface area contributed by atoms with E-state index in [1.807, 2.05) is 12.1 Å². The number of pyridine rings is 1. The third-order valence-corrected chi connectivity index (χ3v) is 3.50. The molecule has 1 heterocycles. The van der Waals surface area contributed by atoms with Gasteiger partial charge in [0, 0.05) is 35.9 Å². The summed E-state index contributed by atoms with van der Waals surface area (Å²) in [6, 6.07) is 6.98. The molecule has 2 rings (SSSR count). The smallest absolute Gasteiger partial charge is 0.295 e. The van der Waals surface area contributed by atoms with Gasteiger partial charge in [0.2, 0.25) is 0 Å². The van der Waals surface area contributed by atoms with Crippen LogP contribution in [-0.2, 0) is 0 Å². The number of nitrogens with zero attached hydrogens (tertiary/aromatic N) is 2. The number of benzene rings is 1. The van der Waals surface area contributed by atoms with E-state index >= 15 is 0 Å². The average Bonchev–Trinajstić information content (AvgIpc) is 2.50. The molecule has 0 saturated heterocycles. The van der Waals surface area contributed by atoms with Gasteiger partial charge in [-0.2, -0.15) is 0 Å². The first-order chi connectivity index (χ1) is 10.2. The van der Waals surface area contributed by atoms with Gasteiger partial charge in [0.25, 0.3) is 5.69 Å². The van der Waals surface area contributed by atoms with Crippen LogP contribution in [-0.4, -0.2) is 22.5 Å². The lowest BCUT2D eigenvalue weighted by Crippen LogP contribution is -2.28. The van der Waals surface area contributed by atoms with Gasteiger partial charge in [-0.15, -0.1) is 0 Å². The van der Waals surface area contributed by atoms with Crippen molar-refractivity contribution in [2.24, 2.45) is 5.73 Å². The molecule has 0 radical (unpaired) electrons. The van der Waals surface area contributed by atoms with Gasteiger partial charge in [0.1, 0.15) is 5.52 Å². The molecule has 0 aliphatic heterocycles. The first-order valence-electron chi connectivity index (χ1n) is 7.16. The van der Waals surface area contributed by atoms with Crippen molar-refractivity contribution in [3.8, 4) is 0 Å². The summed E-state index contributed by atoms with van der Waals surface area (Å²) in [5, 5.41) is 15.2. The predicted molar refractivity (Wildman–Crippen MR) is 84.4 cm³/mol. The molecule has 3 N–H and O–H groups in total. The van der Waals surface area contributed by atoms with Crippen LogP contribution in [0.15, 0.2) is 30.5 Å². The van der Waals surface area contributed by atoms with E-state index in [4.69, 9.17) is 5.73 Å². The molecule has 1 unspecified atom stereocenters. The third kappa shape index (κ3) is 3.46. The molecule has 0 bridgehead atoms. The molecule has 6 nitrogen and oxygen atoms in total. The zero-order valence-electron chi connectivity index (χ0n) is 12.1. The molecule has 0 aliphatic carbocycles. The van der Waals surface area contributed by atoms with Crippen LogP contribution < -0.4 is 11.1 Å². The number of nitro benzene ring substituents is 1. The van der Waals surface area contributed by atoms with Gasteiger partial charge in [-0.25, -0.2) is 4.98 Å². The van der Waals surface area contributed by atoms with Crippen molar-refractivity contribution >= 4 is 22.3 Å². The third-order valence-electron chi connectivity index (χ3n) is 3.50. The lowest BCUT2D eigenvalue weighted by molar-refractivity contribution is -0.383. The van der Waals surface area contributed by atoms with Crippen molar-refractivity contribution in [1.29, 1.82) is 0 Å². The first kappa shape index (κ1) is 15.2. The monoisotopic (exact) mass is 288 g/mol. The number of nitrogens with two attached hydrogens (primary N) is 1. The minimum absolute atomic E-state index is 0.0222. The van der Waals surface area contributed by atoms with Crippen LogP contribution in [0.25, 0.3) is 10.9 Å². The fourth-order valence-electron chi connectivity index (χ4n) is 2.35. The second-order valence-corrected chi connectivity index (χ2v) is 5.01. The molecule has 21 heavy (non-hydrogen) atoms. The van der Waals surface area contributed by atoms with Crippen molar-refractivity contribution in [3.05, 3.63) is 40.6 Å². The van der Waals surface area contributed by atoms with Crippen LogP contribution in [0.4, 0.5) is 11.4 Å². The van der Waals surface area contributed by atoms with E-state index in [9.17, 15) is 10.1 Å². The Balaban J connectivity index is 2.36. The Bertz CT molecular complexity index is 630. The molecule has 0 fully saturated rings. The average molecular weight is 288 g/mol. The maximum absolute atomic E-state index is 11.1. The highest BCUT2D eigenvalue weighted by molar-refractivity contribution is 5.96. The van der Waals surface area contributed by atoms with Crippen molar-refractivity contribution < 1.29 is 4.92 Å². The number of rotatable bonds is 7. The number of aromatic nitrogens is 1. The highest BCUT2D eigenvalue weighted by Crippen LogP contribution is 2.29. The summed E-state index contributed by atoms with van der Waals surface area (Å²) in [6.45, 7) is 2.66. The SMILES string of the molecule is CCCCC(CN)Nc1ccnc2c([N+](=O)[O-])cccc12. The highest BCUT2D eigenvalue weighted by Gasteiger charge is 2.15. The summed E-state index contributed by atoms with van der Waals surface area (Å²) in [5.41, 5.74) is 7.06. The van der Waals surface area contributed by atoms with Crippen LogP contribution in [0.2, 0.25) is 0 Å². The van der Waals surface area contributed by atoms with Crippen molar-refractivity contribution in [1.82, 2.24) is 4.98 Å². The van der Waals surface area contributed by atoms with Gasteiger partial charge in [0.15, 0.2) is 0 Å². The summed E-state index contributed by atoms with van der Waals surface area (Å²) in [6.07, 6.45) is 4.77. The number of unbranched alkanes of at least 4 members (excludes halogenated alkanes) is 1. The fraction of sp³-hybridized carbons (Fsp3) is 0.400. The maximum Gasteiger partial charge on any atom is 0.295 e. The van der Waals surface area contributed by atoms with Gasteiger partial charge < -0.3 is 11.1 Å². The summed E-state index contributed by atoms with van der Waals surface area (Å²) in [7, 11) is 0. The standard InChI is InChI=1S/C15H20N4O2/c1-2-3-5-11(10-16)18-13-8-9-17-15-12(13)6-4-7-14(15)19(20)21/h4,6-9,11H,2-3,5,10,16H2,1H3,(H,17,18). The molecule has 0 amide bonds. The van der Waals surface area contributed by atoms with Crippen molar-refractivity contribution in [2.75, 3.05) is 11.9 Å². The van der Waals surface area contributed by atoms with E-state index in [1.165, 1.54) is 6.07 Å². The molecular weight excluding hydrogens is 268 g/mol. The van der Waals surface area contributed by atoms with Crippen LogP contribution in [0.3, 0.4) is 0 Å². The summed E-state index contributed by atoms with van der Waals surface area (Å²) in [5.74, 6) is 0. The quantitative estimate of drug-likeness (QED) is 0.603. The number of hydrogen-bond acceptors (Lipinski definition) is 5. The maximum atomic E-state index is 11.1. The Kier molecular flexibility index (Phi) is 5.05. The van der Waals surface area contributed by atoms with Crippen molar-refractivity contribution in [3.63, 3.8) is 0 Å². The molecule has 1 aromatic heterocycles. The first-order valence-corrected chi connectivity index (χ1v) is 7.16. The lowest BCUT2D eigenvalue weighted by Gasteiger charge is -2.19. The number of anilines is 1. The van der Waals surface area contributed by atoms with E-state index in [0.29, 0.717) is 12.1 Å². The Morgan fingerprint density at radius 1 is 1.43 bits per heavy atom. The molecule has 0 spiro atoms. The van der Waals surface area contributed by atoms with E-state index in [-0.39, 0.29) is 11.7 Å². The van der Waals surface area contributed by atoms with E-state index in [2.05, 4.69) is 17.2 Å². The molecule has 1 atom stereocenters. The zero-order valence-corrected chi connectivity index (χ0v) is 12.1. The van der Waals surface area contributed by atoms with Gasteiger partial charge in [0.05, 0.1) is 4.92 Å². The second-order valence-electron chi connectivity index (χ2n) is 5.01. The van der Waals surface area contributed by atoms with Crippen LogP contribution in [0.1, 0.15) is 26.2 Å². The zero-order chi connectivity index (χ0) is 15.2. The highest BCUT2D eigenvalue weighted by atomic mass is 16.6. The summed E-state index contributed by atoms with van der Waals surface area (Å²) >= 11 is 0. The fourth-order valence-corrected chi connectivity index (χ4v) is 2.35. The number of non-ortho nitro benzene ring substituents is 1. The number of nitrogens with one attached hydrogen (secondary N) is 1. The van der Waals surface area contributed by atoms with E-state index < -0.39 is 4.92 Å². The van der Waals surface area contributed by atoms with E-state index in [1.54, 1.807) is 12.3 Å². The number of nitro groups is 1. The summed E-state index contributed by atoms with van der Waals surface area (Å²) in [4.78, 5) is 14.8. The second kappa shape index (κ2) is 6.99. The Morgan fingerprint density at radius 3 is 2.90 bits per heavy atom. The minimum Gasteiger partial charge on any atom is -0.380 e. The Morgan fingerprint density at radius 2 is 2.24 bits per heavy atom. The van der Waals surface area contributed by atoms with Gasteiger partial charge in [-0.05, 0) is 12.5 Å². The van der Waals surface area contributed by atoms with Gasteiger partial charge >= 0.3 is 0 Å². The predicted octanol–water partition coefficient (Wildman–Crippen LogP) is 3.07. The molecular formula is C15H20N4O2. The van der Waals surface area contributed by atoms with Crippen LogP contribution >= 0.6 is 0 Å². The summed E-state index contributed by atoms with van der Waals surface area (Å²) < 4.78 is 0. The molecule has 0 aliphatic rings. The molecule has 1 aromatic carbocycles. The lowest BCUT2D eigenvalue weighted by atomic mass is 10.1.